The number of hydrogen-bond acceptors (Lipinski definition) is 6. The summed E-state index contributed by atoms with van der Waals surface area (Å²) in [4.78, 5) is 6.34. The zero-order chi connectivity index (χ0) is 21.6. The number of nitrogens with two attached hydrogens (primary N) is 1. The maximum absolute atomic E-state index is 13.1. The quantitative estimate of drug-likeness (QED) is 0.495. The second-order valence-corrected chi connectivity index (χ2v) is 9.05. The topological polar surface area (TPSA) is 101 Å². The molecule has 0 unspecified atom stereocenters. The molecule has 0 atom stereocenters. The lowest BCUT2D eigenvalue weighted by Gasteiger charge is -2.24. The number of benzene rings is 3. The molecule has 156 valence electrons. The molecule has 0 fully saturated rings. The minimum absolute atomic E-state index is 0.163. The number of furan rings is 1. The average Bonchev–Trinajstić information content (AvgIpc) is 3.24. The molecule has 31 heavy (non-hydrogen) atoms. The second-order valence-electron chi connectivity index (χ2n) is 7.00. The maximum atomic E-state index is 13.1. The Balaban J connectivity index is 1.45. The number of sulfonamides is 1. The van der Waals surface area contributed by atoms with Gasteiger partial charge in [0.15, 0.2) is 0 Å². The largest absolute Gasteiger partial charge is 0.446 e. The van der Waals surface area contributed by atoms with Crippen LogP contribution in [0.15, 0.2) is 87.3 Å². The van der Waals surface area contributed by atoms with Gasteiger partial charge in [0, 0.05) is 27.2 Å². The lowest BCUT2D eigenvalue weighted by atomic mass is 10.1. The normalized spacial score (nSPS) is 13.7. The van der Waals surface area contributed by atoms with Crippen LogP contribution in [-0.2, 0) is 10.0 Å². The molecule has 7 nitrogen and oxygen atoms in total. The Morgan fingerprint density at radius 2 is 1.74 bits per heavy atom. The molecule has 0 radical (unpaired) electrons. The van der Waals surface area contributed by atoms with E-state index in [0.29, 0.717) is 39.5 Å². The van der Waals surface area contributed by atoms with Gasteiger partial charge in [-0.25, -0.2) is 13.4 Å². The lowest BCUT2D eigenvalue weighted by Crippen LogP contribution is -2.42. The van der Waals surface area contributed by atoms with Crippen LogP contribution >= 0.6 is 11.6 Å². The summed E-state index contributed by atoms with van der Waals surface area (Å²) in [5, 5.41) is 2.47. The molecule has 1 aliphatic rings. The van der Waals surface area contributed by atoms with Gasteiger partial charge in [0.05, 0.1) is 16.4 Å². The molecule has 9 heteroatoms. The van der Waals surface area contributed by atoms with E-state index in [1.807, 2.05) is 4.90 Å². The molecule has 0 saturated carbocycles. The fraction of sp³-hybridized carbons (Fsp3) is 0.0455. The van der Waals surface area contributed by atoms with Crippen molar-refractivity contribution in [2.45, 2.75) is 4.90 Å². The molecule has 0 amide bonds. The van der Waals surface area contributed by atoms with Gasteiger partial charge < -0.3 is 15.1 Å². The third-order valence-corrected chi connectivity index (χ3v) is 6.89. The van der Waals surface area contributed by atoms with Crippen LogP contribution in [0.25, 0.3) is 16.6 Å². The number of nitrogens with zero attached hydrogens (tertiary/aromatic N) is 2. The predicted octanol–water partition coefficient (Wildman–Crippen LogP) is 3.01. The number of fused-ring (bicyclic) bond motifs is 2. The first-order chi connectivity index (χ1) is 14.9. The van der Waals surface area contributed by atoms with Gasteiger partial charge in [-0.05, 0) is 42.5 Å². The first kappa shape index (κ1) is 19.5. The molecular formula is C22H17ClN4O3S. The van der Waals surface area contributed by atoms with Crippen molar-refractivity contribution in [3.63, 3.8) is 0 Å². The molecule has 4 aromatic rings. The Kier molecular flexibility index (Phi) is 4.60. The summed E-state index contributed by atoms with van der Waals surface area (Å²) in [6, 6.07) is 18.9. The number of hydrogen-bond donors (Lipinski definition) is 2. The fourth-order valence-electron chi connectivity index (χ4n) is 3.59. The first-order valence-corrected chi connectivity index (χ1v) is 11.3. The predicted molar refractivity (Wildman–Crippen MR) is 121 cm³/mol. The number of nitrogens with one attached hydrogen (secondary N) is 1. The van der Waals surface area contributed by atoms with E-state index in [1.54, 1.807) is 73.0 Å². The van der Waals surface area contributed by atoms with Crippen molar-refractivity contribution >= 4 is 49.6 Å². The molecule has 2 heterocycles. The van der Waals surface area contributed by atoms with Crippen LogP contribution < -0.4 is 26.1 Å². The van der Waals surface area contributed by atoms with Gasteiger partial charge in [-0.3, -0.25) is 4.72 Å². The average molecular weight is 453 g/mol. The van der Waals surface area contributed by atoms with Crippen molar-refractivity contribution in [1.29, 1.82) is 0 Å². The lowest BCUT2D eigenvalue weighted by molar-refractivity contribution is 0.500. The SMILES string of the molecule is NC1=c2ccoc2=NCN1c1ccc(NS(=O)(=O)c2cccc3c(Cl)cccc23)cc1. The monoisotopic (exact) mass is 452 g/mol. The fourth-order valence-corrected chi connectivity index (χ4v) is 5.11. The summed E-state index contributed by atoms with van der Waals surface area (Å²) >= 11 is 6.22. The van der Waals surface area contributed by atoms with E-state index in [9.17, 15) is 8.42 Å². The van der Waals surface area contributed by atoms with Crippen LogP contribution in [-0.4, -0.2) is 15.1 Å². The van der Waals surface area contributed by atoms with Crippen molar-refractivity contribution in [2.75, 3.05) is 16.3 Å². The van der Waals surface area contributed by atoms with E-state index in [0.717, 1.165) is 10.9 Å². The highest BCUT2D eigenvalue weighted by Gasteiger charge is 2.19. The minimum Gasteiger partial charge on any atom is -0.446 e. The Bertz CT molecular complexity index is 1530. The van der Waals surface area contributed by atoms with Crippen LogP contribution in [0.3, 0.4) is 0 Å². The van der Waals surface area contributed by atoms with Gasteiger partial charge in [-0.1, -0.05) is 35.9 Å². The van der Waals surface area contributed by atoms with Gasteiger partial charge in [0.25, 0.3) is 10.0 Å². The van der Waals surface area contributed by atoms with E-state index in [4.69, 9.17) is 21.8 Å². The Morgan fingerprint density at radius 3 is 2.55 bits per heavy atom. The standard InChI is InChI=1S/C22H17ClN4O3S/c23-19-5-1-4-17-16(19)3-2-6-20(17)31(28,29)26-14-7-9-15(10-8-14)27-13-25-22-18(21(27)24)11-12-30-22/h1-12,26H,13,24H2. The summed E-state index contributed by atoms with van der Waals surface area (Å²) in [6.07, 6.45) is 1.54. The van der Waals surface area contributed by atoms with Crippen LogP contribution in [0.2, 0.25) is 5.02 Å². The Morgan fingerprint density at radius 1 is 1.00 bits per heavy atom. The van der Waals surface area contributed by atoms with E-state index >= 15 is 0 Å². The molecule has 1 aromatic heterocycles. The highest BCUT2D eigenvalue weighted by molar-refractivity contribution is 7.93. The second kappa shape index (κ2) is 7.33. The number of anilines is 2. The maximum Gasteiger partial charge on any atom is 0.262 e. The van der Waals surface area contributed by atoms with Crippen molar-refractivity contribution in [3.05, 3.63) is 88.8 Å². The molecule has 5 rings (SSSR count). The van der Waals surface area contributed by atoms with E-state index in [1.165, 1.54) is 0 Å². The zero-order valence-electron chi connectivity index (χ0n) is 16.1. The smallest absolute Gasteiger partial charge is 0.262 e. The van der Waals surface area contributed by atoms with Crippen LogP contribution in [0.5, 0.6) is 0 Å². The van der Waals surface area contributed by atoms with E-state index in [-0.39, 0.29) is 4.90 Å². The third kappa shape index (κ3) is 3.39. The van der Waals surface area contributed by atoms with Gasteiger partial charge in [-0.15, -0.1) is 0 Å². The highest BCUT2D eigenvalue weighted by Crippen LogP contribution is 2.30. The van der Waals surface area contributed by atoms with Crippen LogP contribution in [0.1, 0.15) is 0 Å². The van der Waals surface area contributed by atoms with Gasteiger partial charge in [-0.2, -0.15) is 0 Å². The number of halogens is 1. The van der Waals surface area contributed by atoms with Crippen molar-refractivity contribution in [1.82, 2.24) is 0 Å². The van der Waals surface area contributed by atoms with E-state index in [2.05, 4.69) is 9.71 Å². The summed E-state index contributed by atoms with van der Waals surface area (Å²) < 4.78 is 34.0. The summed E-state index contributed by atoms with van der Waals surface area (Å²) in [5.41, 5.74) is 7.97. The molecule has 0 spiro atoms. The molecule has 3 aromatic carbocycles. The molecule has 0 bridgehead atoms. The van der Waals surface area contributed by atoms with E-state index < -0.39 is 10.0 Å². The number of rotatable bonds is 4. The third-order valence-electron chi connectivity index (χ3n) is 5.12. The Labute approximate surface area is 183 Å². The molecular weight excluding hydrogens is 436 g/mol. The van der Waals surface area contributed by atoms with Gasteiger partial charge >= 0.3 is 0 Å². The Hall–Kier alpha value is -3.49. The van der Waals surface area contributed by atoms with Gasteiger partial charge in [0.1, 0.15) is 12.5 Å². The highest BCUT2D eigenvalue weighted by atomic mass is 35.5. The van der Waals surface area contributed by atoms with Crippen LogP contribution in [0.4, 0.5) is 11.4 Å². The van der Waals surface area contributed by atoms with Gasteiger partial charge in [0.2, 0.25) is 5.55 Å². The summed E-state index contributed by atoms with van der Waals surface area (Å²) in [6.45, 7) is 0.314. The molecule has 1 aliphatic heterocycles. The van der Waals surface area contributed by atoms with Crippen molar-refractivity contribution < 1.29 is 12.8 Å². The summed E-state index contributed by atoms with van der Waals surface area (Å²) in [7, 11) is -3.82. The molecule has 0 saturated heterocycles. The molecule has 0 aliphatic carbocycles. The molecule has 3 N–H and O–H groups in total. The minimum atomic E-state index is -3.82. The van der Waals surface area contributed by atoms with Crippen LogP contribution in [0, 0.1) is 0 Å². The first-order valence-electron chi connectivity index (χ1n) is 9.39. The summed E-state index contributed by atoms with van der Waals surface area (Å²) in [5.74, 6) is 0.528. The van der Waals surface area contributed by atoms with Crippen molar-refractivity contribution in [3.8, 4) is 0 Å². The zero-order valence-corrected chi connectivity index (χ0v) is 17.7. The van der Waals surface area contributed by atoms with Crippen molar-refractivity contribution in [2.24, 2.45) is 10.7 Å².